The molecule has 0 spiro atoms. The minimum atomic E-state index is -0.872. The summed E-state index contributed by atoms with van der Waals surface area (Å²) in [7, 11) is 1.39. The maximum atomic E-state index is 12.5. The van der Waals surface area contributed by atoms with E-state index in [0.29, 0.717) is 5.56 Å². The minimum Gasteiger partial charge on any atom is -0.496 e. The van der Waals surface area contributed by atoms with E-state index in [2.05, 4.69) is 10.2 Å². The molecular weight excluding hydrogens is 404 g/mol. The van der Waals surface area contributed by atoms with E-state index in [1.54, 1.807) is 6.92 Å². The highest BCUT2D eigenvalue weighted by Crippen LogP contribution is 2.31. The third-order valence-corrected chi connectivity index (χ3v) is 4.26. The third-order valence-electron chi connectivity index (χ3n) is 3.94. The van der Waals surface area contributed by atoms with Crippen molar-refractivity contribution in [2.24, 2.45) is 0 Å². The standard InChI is InChI=1S/C18H15ClN4O6/c1-9(28-18(24)12-7-13(19)14(20)8-15(12)27-2)16-21-22-17(29-16)10-3-5-11(6-4-10)23(25)26/h3-9H,20H2,1-2H3. The van der Waals surface area contributed by atoms with Crippen LogP contribution in [-0.4, -0.2) is 28.2 Å². The molecule has 1 unspecified atom stereocenters. The molecule has 3 aromatic rings. The van der Waals surface area contributed by atoms with Crippen LogP contribution in [0.3, 0.4) is 0 Å². The molecular formula is C18H15ClN4O6. The van der Waals surface area contributed by atoms with Crippen molar-refractivity contribution in [2.75, 3.05) is 12.8 Å². The molecule has 0 radical (unpaired) electrons. The molecule has 2 aromatic carbocycles. The van der Waals surface area contributed by atoms with Gasteiger partial charge in [-0.25, -0.2) is 4.79 Å². The van der Waals surface area contributed by atoms with Crippen molar-refractivity contribution in [3.8, 4) is 17.2 Å². The van der Waals surface area contributed by atoms with E-state index in [4.69, 9.17) is 31.2 Å². The molecule has 2 N–H and O–H groups in total. The number of hydrogen-bond donors (Lipinski definition) is 1. The number of carbonyl (C=O) groups is 1. The summed E-state index contributed by atoms with van der Waals surface area (Å²) in [6, 6.07) is 8.37. The average molecular weight is 419 g/mol. The summed E-state index contributed by atoms with van der Waals surface area (Å²) in [6.45, 7) is 1.55. The van der Waals surface area contributed by atoms with Crippen molar-refractivity contribution in [1.82, 2.24) is 10.2 Å². The number of ether oxygens (including phenoxy) is 2. The smallest absolute Gasteiger partial charge is 0.342 e. The fourth-order valence-corrected chi connectivity index (χ4v) is 2.58. The zero-order chi connectivity index (χ0) is 21.1. The van der Waals surface area contributed by atoms with Crippen LogP contribution in [0.5, 0.6) is 5.75 Å². The molecule has 3 rings (SSSR count). The van der Waals surface area contributed by atoms with Crippen molar-refractivity contribution in [1.29, 1.82) is 0 Å². The quantitative estimate of drug-likeness (QED) is 0.273. The second kappa shape index (κ2) is 8.15. The topological polar surface area (TPSA) is 144 Å². The summed E-state index contributed by atoms with van der Waals surface area (Å²) in [4.78, 5) is 22.7. The molecule has 1 heterocycles. The molecule has 0 aliphatic rings. The van der Waals surface area contributed by atoms with E-state index in [-0.39, 0.29) is 39.5 Å². The van der Waals surface area contributed by atoms with Crippen LogP contribution in [-0.2, 0) is 4.74 Å². The van der Waals surface area contributed by atoms with E-state index < -0.39 is 17.0 Å². The van der Waals surface area contributed by atoms with Gasteiger partial charge in [-0.1, -0.05) is 11.6 Å². The van der Waals surface area contributed by atoms with Crippen LogP contribution in [0.1, 0.15) is 29.3 Å². The van der Waals surface area contributed by atoms with E-state index in [1.165, 1.54) is 43.5 Å². The molecule has 0 saturated carbocycles. The number of nitrogens with zero attached hydrogens (tertiary/aromatic N) is 3. The highest BCUT2D eigenvalue weighted by atomic mass is 35.5. The molecule has 0 saturated heterocycles. The first kappa shape index (κ1) is 20.1. The van der Waals surface area contributed by atoms with Gasteiger partial charge in [-0.2, -0.15) is 0 Å². The number of nitro benzene ring substituents is 1. The van der Waals surface area contributed by atoms with Crippen LogP contribution in [0, 0.1) is 10.1 Å². The lowest BCUT2D eigenvalue weighted by molar-refractivity contribution is -0.384. The number of anilines is 1. The number of nitro groups is 1. The first-order valence-electron chi connectivity index (χ1n) is 8.22. The average Bonchev–Trinajstić information content (AvgIpc) is 3.20. The Labute approximate surface area is 169 Å². The molecule has 11 heteroatoms. The van der Waals surface area contributed by atoms with Crippen LogP contribution in [0.2, 0.25) is 5.02 Å². The van der Waals surface area contributed by atoms with Gasteiger partial charge in [-0.15, -0.1) is 10.2 Å². The molecule has 0 amide bonds. The Morgan fingerprint density at radius 2 is 1.97 bits per heavy atom. The number of benzene rings is 2. The molecule has 1 aromatic heterocycles. The van der Waals surface area contributed by atoms with E-state index in [0.717, 1.165) is 0 Å². The third kappa shape index (κ3) is 4.27. The Balaban J connectivity index is 1.77. The van der Waals surface area contributed by atoms with Gasteiger partial charge in [0.15, 0.2) is 6.10 Å². The lowest BCUT2D eigenvalue weighted by Gasteiger charge is -2.13. The number of aromatic nitrogens is 2. The van der Waals surface area contributed by atoms with E-state index in [9.17, 15) is 14.9 Å². The first-order valence-corrected chi connectivity index (χ1v) is 8.60. The second-order valence-electron chi connectivity index (χ2n) is 5.87. The monoisotopic (exact) mass is 418 g/mol. The zero-order valence-electron chi connectivity index (χ0n) is 15.3. The van der Waals surface area contributed by atoms with Gasteiger partial charge in [0.25, 0.3) is 11.6 Å². The molecule has 0 aliphatic carbocycles. The number of rotatable bonds is 6. The largest absolute Gasteiger partial charge is 0.496 e. The highest BCUT2D eigenvalue weighted by Gasteiger charge is 2.23. The van der Waals surface area contributed by atoms with Crippen LogP contribution in [0.4, 0.5) is 11.4 Å². The summed E-state index contributed by atoms with van der Waals surface area (Å²) in [5, 5.41) is 18.7. The number of non-ortho nitro benzene ring substituents is 1. The lowest BCUT2D eigenvalue weighted by Crippen LogP contribution is -2.11. The number of halogens is 1. The van der Waals surface area contributed by atoms with Crippen LogP contribution >= 0.6 is 11.6 Å². The first-order chi connectivity index (χ1) is 13.8. The van der Waals surface area contributed by atoms with Gasteiger partial charge in [0.1, 0.15) is 11.3 Å². The fraction of sp³-hybridized carbons (Fsp3) is 0.167. The van der Waals surface area contributed by atoms with Gasteiger partial charge in [0.05, 0.1) is 22.7 Å². The highest BCUT2D eigenvalue weighted by molar-refractivity contribution is 6.33. The number of esters is 1. The van der Waals surface area contributed by atoms with Crippen molar-refractivity contribution >= 4 is 28.9 Å². The fourth-order valence-electron chi connectivity index (χ4n) is 2.41. The predicted molar refractivity (Wildman–Crippen MR) is 103 cm³/mol. The molecule has 150 valence electrons. The van der Waals surface area contributed by atoms with Gasteiger partial charge in [-0.05, 0) is 25.1 Å². The lowest BCUT2D eigenvalue weighted by atomic mass is 10.2. The SMILES string of the molecule is COc1cc(N)c(Cl)cc1C(=O)OC(C)c1nnc(-c2ccc([N+](=O)[O-])cc2)o1. The summed E-state index contributed by atoms with van der Waals surface area (Å²) < 4.78 is 16.0. The Morgan fingerprint density at radius 1 is 1.28 bits per heavy atom. The van der Waals surface area contributed by atoms with Crippen LogP contribution < -0.4 is 10.5 Å². The van der Waals surface area contributed by atoms with Gasteiger partial charge in [-0.3, -0.25) is 10.1 Å². The summed E-state index contributed by atoms with van der Waals surface area (Å²) in [6.07, 6.45) is -0.872. The van der Waals surface area contributed by atoms with Crippen molar-refractivity contribution in [3.05, 3.63) is 63.0 Å². The second-order valence-corrected chi connectivity index (χ2v) is 6.28. The molecule has 0 bridgehead atoms. The predicted octanol–water partition coefficient (Wildman–Crippen LogP) is 3.81. The number of nitrogens with two attached hydrogens (primary N) is 1. The minimum absolute atomic E-state index is 0.0483. The normalized spacial score (nSPS) is 11.7. The Morgan fingerprint density at radius 3 is 2.59 bits per heavy atom. The maximum Gasteiger partial charge on any atom is 0.342 e. The Hall–Kier alpha value is -3.66. The summed E-state index contributed by atoms with van der Waals surface area (Å²) in [5.74, 6) is -0.328. The number of hydrogen-bond acceptors (Lipinski definition) is 9. The van der Waals surface area contributed by atoms with Crippen LogP contribution in [0.15, 0.2) is 40.8 Å². The van der Waals surface area contributed by atoms with Crippen molar-refractivity contribution < 1.29 is 23.6 Å². The van der Waals surface area contributed by atoms with Gasteiger partial charge in [0, 0.05) is 23.8 Å². The number of methoxy groups -OCH3 is 1. The summed E-state index contributed by atoms with van der Waals surface area (Å²) >= 11 is 5.97. The van der Waals surface area contributed by atoms with Crippen molar-refractivity contribution in [2.45, 2.75) is 13.0 Å². The molecule has 0 fully saturated rings. The maximum absolute atomic E-state index is 12.5. The van der Waals surface area contributed by atoms with Crippen molar-refractivity contribution in [3.63, 3.8) is 0 Å². The Kier molecular flexibility index (Phi) is 5.64. The van der Waals surface area contributed by atoms with Gasteiger partial charge < -0.3 is 19.6 Å². The van der Waals surface area contributed by atoms with Gasteiger partial charge in [0.2, 0.25) is 5.89 Å². The molecule has 29 heavy (non-hydrogen) atoms. The zero-order valence-corrected chi connectivity index (χ0v) is 16.0. The van der Waals surface area contributed by atoms with Gasteiger partial charge >= 0.3 is 5.97 Å². The Bertz CT molecular complexity index is 1070. The molecule has 1 atom stereocenters. The molecule has 0 aliphatic heterocycles. The summed E-state index contributed by atoms with van der Waals surface area (Å²) in [5.41, 5.74) is 6.48. The molecule has 10 nitrogen and oxygen atoms in total. The van der Waals surface area contributed by atoms with E-state index in [1.807, 2.05) is 0 Å². The van der Waals surface area contributed by atoms with E-state index >= 15 is 0 Å². The number of carbonyl (C=O) groups excluding carboxylic acids is 1. The number of nitrogen functional groups attached to an aromatic ring is 1. The van der Waals surface area contributed by atoms with Crippen LogP contribution in [0.25, 0.3) is 11.5 Å².